The van der Waals surface area contributed by atoms with Crippen molar-refractivity contribution in [1.29, 1.82) is 0 Å². The zero-order valence-corrected chi connectivity index (χ0v) is 30.5. The lowest BCUT2D eigenvalue weighted by atomic mass is 10.0. The fraction of sp³-hybridized carbons (Fsp3) is 0.385. The smallest absolute Gasteiger partial charge is 0.408 e. The first-order valence-corrected chi connectivity index (χ1v) is 16.9. The molecule has 0 aliphatic rings. The summed E-state index contributed by atoms with van der Waals surface area (Å²) in [5, 5.41) is 8.46. The summed E-state index contributed by atoms with van der Waals surface area (Å²) in [6, 6.07) is 19.0. The summed E-state index contributed by atoms with van der Waals surface area (Å²) >= 11 is 0. The van der Waals surface area contributed by atoms with Crippen molar-refractivity contribution >= 4 is 46.5 Å². The predicted molar refractivity (Wildman–Crippen MR) is 196 cm³/mol. The average Bonchev–Trinajstić information content (AvgIpc) is 3.04. The van der Waals surface area contributed by atoms with Crippen LogP contribution in [0.3, 0.4) is 0 Å². The molecule has 2 atom stereocenters. The minimum Gasteiger partial charge on any atom is -0.460 e. The second-order valence-electron chi connectivity index (χ2n) is 14.3. The predicted octanol–water partition coefficient (Wildman–Crippen LogP) is 6.22. The van der Waals surface area contributed by atoms with Gasteiger partial charge in [0.25, 0.3) is 6.01 Å². The quantitative estimate of drug-likeness (QED) is 0.106. The highest BCUT2D eigenvalue weighted by molar-refractivity contribution is 5.98. The van der Waals surface area contributed by atoms with Gasteiger partial charge in [-0.1, -0.05) is 60.7 Å². The first kappa shape index (κ1) is 39.1. The summed E-state index contributed by atoms with van der Waals surface area (Å²) < 4.78 is 21.7. The number of esters is 2. The van der Waals surface area contributed by atoms with Crippen LogP contribution in [0, 0.1) is 6.92 Å². The van der Waals surface area contributed by atoms with E-state index in [1.165, 1.54) is 6.07 Å². The van der Waals surface area contributed by atoms with Gasteiger partial charge in [0, 0.05) is 18.5 Å². The molecular weight excluding hydrogens is 668 g/mol. The van der Waals surface area contributed by atoms with Gasteiger partial charge in [-0.25, -0.2) is 14.4 Å². The molecule has 0 bridgehead atoms. The van der Waals surface area contributed by atoms with Crippen molar-refractivity contribution in [1.82, 2.24) is 10.3 Å². The van der Waals surface area contributed by atoms with Crippen LogP contribution in [0.15, 0.2) is 82.0 Å². The van der Waals surface area contributed by atoms with Crippen LogP contribution >= 0.6 is 0 Å². The minimum atomic E-state index is -1.12. The van der Waals surface area contributed by atoms with Gasteiger partial charge in [-0.2, -0.15) is 4.98 Å². The molecule has 3 aromatic carbocycles. The monoisotopic (exact) mass is 714 g/mol. The molecule has 1 unspecified atom stereocenters. The topological polar surface area (TPSA) is 175 Å². The van der Waals surface area contributed by atoms with E-state index in [1.807, 2.05) is 60.7 Å². The zero-order valence-electron chi connectivity index (χ0n) is 30.5. The standard InChI is InChI=1S/C39H46N4O9/c1-24-20-27(40-33(45)30(21-25-14-10-8-11-15-25)43-37(48)49-23-26-16-12-9-13-17-26)22-29-32(24)35(47)50-36(42-29)41-28(34(46)52-39(5,6)7)18-19-31(44)51-38(2,3)4/h8-17,20,22,28,30H,18-19,21,23H2,1-7H3,(H,40,45)(H,41,42)(H,43,48)/t28?,30-/m0/s1. The van der Waals surface area contributed by atoms with E-state index in [0.29, 0.717) is 11.3 Å². The molecule has 1 heterocycles. The van der Waals surface area contributed by atoms with Gasteiger partial charge in [0.05, 0.1) is 10.9 Å². The summed E-state index contributed by atoms with van der Waals surface area (Å²) in [6.45, 7) is 12.0. The van der Waals surface area contributed by atoms with Crippen molar-refractivity contribution in [3.8, 4) is 0 Å². The lowest BCUT2D eigenvalue weighted by molar-refractivity contribution is -0.157. The molecule has 0 aliphatic heterocycles. The van der Waals surface area contributed by atoms with Crippen LogP contribution in [0.1, 0.15) is 71.1 Å². The molecule has 0 spiro atoms. The number of hydrogen-bond acceptors (Lipinski definition) is 11. The normalized spacial score (nSPS) is 12.7. The molecule has 52 heavy (non-hydrogen) atoms. The molecule has 3 N–H and O–H groups in total. The maximum Gasteiger partial charge on any atom is 0.408 e. The molecule has 0 radical (unpaired) electrons. The van der Waals surface area contributed by atoms with Gasteiger partial charge >= 0.3 is 23.7 Å². The van der Waals surface area contributed by atoms with Gasteiger partial charge < -0.3 is 34.6 Å². The number of carbonyl (C=O) groups excluding carboxylic acids is 4. The van der Waals surface area contributed by atoms with Gasteiger partial charge in [0.15, 0.2) is 0 Å². The molecule has 1 aromatic heterocycles. The number of hydrogen-bond donors (Lipinski definition) is 3. The van der Waals surface area contributed by atoms with E-state index in [9.17, 15) is 24.0 Å². The molecule has 276 valence electrons. The molecular formula is C39H46N4O9. The number of aryl methyl sites for hydroxylation is 1. The number of nitrogens with one attached hydrogen (secondary N) is 3. The Kier molecular flexibility index (Phi) is 12.8. The molecule has 0 fully saturated rings. The first-order chi connectivity index (χ1) is 24.5. The Morgan fingerprint density at radius 2 is 1.44 bits per heavy atom. The van der Waals surface area contributed by atoms with E-state index in [0.717, 1.165) is 11.1 Å². The average molecular weight is 715 g/mol. The van der Waals surface area contributed by atoms with E-state index < -0.39 is 52.9 Å². The Labute approximate surface area is 302 Å². The van der Waals surface area contributed by atoms with E-state index in [-0.39, 0.29) is 42.8 Å². The SMILES string of the molecule is Cc1cc(NC(=O)[C@H](Cc2ccccc2)NC(=O)OCc2ccccc2)cc2nc(NC(CCC(=O)OC(C)(C)C)C(=O)OC(C)(C)C)oc(=O)c12. The summed E-state index contributed by atoms with van der Waals surface area (Å²) in [7, 11) is 0. The number of aromatic nitrogens is 1. The Morgan fingerprint density at radius 1 is 0.827 bits per heavy atom. The van der Waals surface area contributed by atoms with Crippen molar-refractivity contribution in [3.63, 3.8) is 0 Å². The second-order valence-corrected chi connectivity index (χ2v) is 14.3. The summed E-state index contributed by atoms with van der Waals surface area (Å²) in [4.78, 5) is 69.7. The lowest BCUT2D eigenvalue weighted by Crippen LogP contribution is -2.45. The zero-order chi connectivity index (χ0) is 38.1. The van der Waals surface area contributed by atoms with Gasteiger partial charge in [0.2, 0.25) is 5.91 Å². The molecule has 0 aliphatic carbocycles. The van der Waals surface area contributed by atoms with Crippen LogP contribution in [0.25, 0.3) is 10.9 Å². The lowest BCUT2D eigenvalue weighted by Gasteiger charge is -2.25. The summed E-state index contributed by atoms with van der Waals surface area (Å²) in [5.74, 6) is -1.74. The largest absolute Gasteiger partial charge is 0.460 e. The minimum absolute atomic E-state index is 0.0244. The summed E-state index contributed by atoms with van der Waals surface area (Å²) in [6.07, 6.45) is -0.758. The number of rotatable bonds is 13. The van der Waals surface area contributed by atoms with Gasteiger partial charge in [-0.3, -0.25) is 9.59 Å². The number of anilines is 2. The van der Waals surface area contributed by atoms with E-state index >= 15 is 0 Å². The number of nitrogens with zero attached hydrogens (tertiary/aromatic N) is 1. The highest BCUT2D eigenvalue weighted by Crippen LogP contribution is 2.23. The molecule has 4 rings (SSSR count). The Bertz CT molecular complexity index is 1930. The van der Waals surface area contributed by atoms with Crippen LogP contribution in [0.4, 0.5) is 16.5 Å². The Balaban J connectivity index is 1.56. The van der Waals surface area contributed by atoms with E-state index in [4.69, 9.17) is 18.6 Å². The van der Waals surface area contributed by atoms with Crippen molar-refractivity contribution in [3.05, 3.63) is 99.9 Å². The molecule has 2 amide bonds. The van der Waals surface area contributed by atoms with Gasteiger partial charge in [-0.15, -0.1) is 0 Å². The van der Waals surface area contributed by atoms with E-state index in [1.54, 1.807) is 54.5 Å². The third kappa shape index (κ3) is 12.3. The van der Waals surface area contributed by atoms with Crippen LogP contribution in [0.5, 0.6) is 0 Å². The molecule has 4 aromatic rings. The number of carbonyl (C=O) groups is 4. The Hall–Kier alpha value is -5.72. The second kappa shape index (κ2) is 17.0. The van der Waals surface area contributed by atoms with Gasteiger partial charge in [0.1, 0.15) is 29.9 Å². The number of ether oxygens (including phenoxy) is 3. The van der Waals surface area contributed by atoms with Crippen LogP contribution in [-0.4, -0.2) is 52.2 Å². The fourth-order valence-electron chi connectivity index (χ4n) is 5.15. The van der Waals surface area contributed by atoms with Crippen molar-refractivity contribution in [2.45, 2.75) is 97.6 Å². The first-order valence-electron chi connectivity index (χ1n) is 16.9. The molecule has 0 saturated heterocycles. The Morgan fingerprint density at radius 3 is 2.06 bits per heavy atom. The van der Waals surface area contributed by atoms with Crippen LogP contribution in [-0.2, 0) is 41.6 Å². The number of fused-ring (bicyclic) bond motifs is 1. The maximum atomic E-state index is 13.7. The van der Waals surface area contributed by atoms with Crippen molar-refractivity contribution in [2.75, 3.05) is 10.6 Å². The highest BCUT2D eigenvalue weighted by atomic mass is 16.6. The number of amides is 2. The number of alkyl carbamates (subject to hydrolysis) is 1. The third-order valence-corrected chi connectivity index (χ3v) is 7.35. The summed E-state index contributed by atoms with van der Waals surface area (Å²) in [5.41, 5.74) is 0.237. The third-order valence-electron chi connectivity index (χ3n) is 7.35. The molecule has 0 saturated carbocycles. The van der Waals surface area contributed by atoms with Crippen LogP contribution < -0.4 is 21.6 Å². The van der Waals surface area contributed by atoms with E-state index in [2.05, 4.69) is 20.9 Å². The number of benzene rings is 3. The fourth-order valence-corrected chi connectivity index (χ4v) is 5.15. The maximum absolute atomic E-state index is 13.7. The van der Waals surface area contributed by atoms with Crippen molar-refractivity contribution < 1.29 is 37.8 Å². The van der Waals surface area contributed by atoms with Gasteiger partial charge in [-0.05, 0) is 83.7 Å². The molecule has 13 heteroatoms. The van der Waals surface area contributed by atoms with Crippen molar-refractivity contribution in [2.24, 2.45) is 0 Å². The van der Waals surface area contributed by atoms with Crippen LogP contribution in [0.2, 0.25) is 0 Å². The highest BCUT2D eigenvalue weighted by Gasteiger charge is 2.29. The molecule has 13 nitrogen and oxygen atoms in total.